The lowest BCUT2D eigenvalue weighted by Gasteiger charge is -2.32. The third-order valence-corrected chi connectivity index (χ3v) is 6.19. The Morgan fingerprint density at radius 1 is 0.793 bits per heavy atom. The van der Waals surface area contributed by atoms with Gasteiger partial charge in [-0.15, -0.1) is 0 Å². The lowest BCUT2D eigenvalue weighted by atomic mass is 9.83. The van der Waals surface area contributed by atoms with Gasteiger partial charge < -0.3 is 21.3 Å². The Bertz CT molecular complexity index is 528. The summed E-state index contributed by atoms with van der Waals surface area (Å²) in [5, 5.41) is 11.8. The predicted octanol–water partition coefficient (Wildman–Crippen LogP) is 2.11. The third-order valence-electron chi connectivity index (χ3n) is 6.19. The molecule has 0 bridgehead atoms. The molecule has 1 saturated carbocycles. The van der Waals surface area contributed by atoms with E-state index in [0.29, 0.717) is 18.8 Å². The molecule has 3 amide bonds. The van der Waals surface area contributed by atoms with Crippen LogP contribution in [0.3, 0.4) is 0 Å². The van der Waals surface area contributed by atoms with Crippen molar-refractivity contribution in [2.75, 3.05) is 7.05 Å². The van der Waals surface area contributed by atoms with Crippen molar-refractivity contribution in [3.63, 3.8) is 0 Å². The molecule has 0 unspecified atom stereocenters. The number of hydrogen-bond donors (Lipinski definition) is 4. The van der Waals surface area contributed by atoms with E-state index < -0.39 is 12.1 Å². The van der Waals surface area contributed by atoms with Crippen molar-refractivity contribution in [1.29, 1.82) is 0 Å². The SMILES string of the molecule is CC[C@H](NC)C(=O)N[C@H](C(=O)N[C@@H](CC)C(=O)N[C@H](C)C(C)C)C1CCCCC1. The first kappa shape index (κ1) is 25.4. The van der Waals surface area contributed by atoms with Crippen LogP contribution in [0.1, 0.15) is 79.6 Å². The maximum absolute atomic E-state index is 13.1. The van der Waals surface area contributed by atoms with Gasteiger partial charge in [0.05, 0.1) is 6.04 Å². The smallest absolute Gasteiger partial charge is 0.243 e. The minimum atomic E-state index is -0.602. The Morgan fingerprint density at radius 3 is 1.83 bits per heavy atom. The van der Waals surface area contributed by atoms with Crippen LogP contribution in [0, 0.1) is 11.8 Å². The highest BCUT2D eigenvalue weighted by Gasteiger charge is 2.34. The molecule has 0 spiro atoms. The number of hydrogen-bond acceptors (Lipinski definition) is 4. The van der Waals surface area contributed by atoms with E-state index >= 15 is 0 Å². The molecular formula is C22H42N4O3. The number of carbonyl (C=O) groups excluding carboxylic acids is 3. The molecule has 1 aliphatic rings. The fourth-order valence-electron chi connectivity index (χ4n) is 3.75. The van der Waals surface area contributed by atoms with Gasteiger partial charge in [-0.1, -0.05) is 47.0 Å². The second kappa shape index (κ2) is 12.8. The van der Waals surface area contributed by atoms with Crippen molar-refractivity contribution in [2.24, 2.45) is 11.8 Å². The summed E-state index contributed by atoms with van der Waals surface area (Å²) >= 11 is 0. The van der Waals surface area contributed by atoms with Crippen LogP contribution in [0.25, 0.3) is 0 Å². The Labute approximate surface area is 176 Å². The van der Waals surface area contributed by atoms with Crippen LogP contribution in [-0.2, 0) is 14.4 Å². The van der Waals surface area contributed by atoms with Crippen LogP contribution in [0.5, 0.6) is 0 Å². The standard InChI is InChI=1S/C22H42N4O3/c1-7-17(23-6)20(27)26-19(16-12-10-9-11-13-16)22(29)25-18(8-2)21(28)24-15(5)14(3)4/h14-19,23H,7-13H2,1-6H3,(H,24,28)(H,25,29)(H,26,27)/t15-,17+,18+,19+/m1/s1. The highest BCUT2D eigenvalue weighted by molar-refractivity contribution is 5.93. The molecule has 0 saturated heterocycles. The average molecular weight is 411 g/mol. The molecule has 1 fully saturated rings. The van der Waals surface area contributed by atoms with Crippen molar-refractivity contribution in [3.8, 4) is 0 Å². The van der Waals surface area contributed by atoms with Crippen molar-refractivity contribution >= 4 is 17.7 Å². The van der Waals surface area contributed by atoms with E-state index in [1.165, 1.54) is 6.42 Å². The summed E-state index contributed by atoms with van der Waals surface area (Å²) in [6.07, 6.45) is 6.29. The summed E-state index contributed by atoms with van der Waals surface area (Å²) in [5.41, 5.74) is 0. The van der Waals surface area contributed by atoms with Crippen LogP contribution < -0.4 is 21.3 Å². The van der Waals surface area contributed by atoms with Gasteiger partial charge in [0, 0.05) is 6.04 Å². The van der Waals surface area contributed by atoms with Gasteiger partial charge in [-0.25, -0.2) is 0 Å². The van der Waals surface area contributed by atoms with Crippen molar-refractivity contribution in [2.45, 2.75) is 104 Å². The van der Waals surface area contributed by atoms with Gasteiger partial charge >= 0.3 is 0 Å². The highest BCUT2D eigenvalue weighted by Crippen LogP contribution is 2.27. The summed E-state index contributed by atoms with van der Waals surface area (Å²) in [6, 6.07) is -1.50. The normalized spacial score (nSPS) is 19.1. The summed E-state index contributed by atoms with van der Waals surface area (Å²) in [5.74, 6) is -0.161. The minimum absolute atomic E-state index is 0.0308. The van der Waals surface area contributed by atoms with Crippen LogP contribution >= 0.6 is 0 Å². The van der Waals surface area contributed by atoms with Crippen molar-refractivity contribution in [3.05, 3.63) is 0 Å². The van der Waals surface area contributed by atoms with E-state index in [4.69, 9.17) is 0 Å². The van der Waals surface area contributed by atoms with Gasteiger partial charge in [0.1, 0.15) is 12.1 Å². The zero-order valence-electron chi connectivity index (χ0n) is 19.1. The highest BCUT2D eigenvalue weighted by atomic mass is 16.2. The van der Waals surface area contributed by atoms with Crippen LogP contribution in [0.2, 0.25) is 0 Å². The fourth-order valence-corrected chi connectivity index (χ4v) is 3.75. The van der Waals surface area contributed by atoms with E-state index in [-0.39, 0.29) is 35.7 Å². The molecule has 1 rings (SSSR count). The first-order valence-electron chi connectivity index (χ1n) is 11.3. The monoisotopic (exact) mass is 410 g/mol. The number of carbonyl (C=O) groups is 3. The van der Waals surface area contributed by atoms with Gasteiger partial charge in [0.2, 0.25) is 17.7 Å². The van der Waals surface area contributed by atoms with Crippen LogP contribution in [-0.4, -0.2) is 48.9 Å². The molecule has 0 aliphatic heterocycles. The summed E-state index contributed by atoms with van der Waals surface area (Å²) < 4.78 is 0. The van der Waals surface area contributed by atoms with E-state index in [1.807, 2.05) is 34.6 Å². The van der Waals surface area contributed by atoms with Gasteiger partial charge in [0.15, 0.2) is 0 Å². The van der Waals surface area contributed by atoms with E-state index in [2.05, 4.69) is 21.3 Å². The van der Waals surface area contributed by atoms with E-state index in [9.17, 15) is 14.4 Å². The molecule has 168 valence electrons. The van der Waals surface area contributed by atoms with Gasteiger partial charge in [-0.3, -0.25) is 14.4 Å². The molecule has 4 N–H and O–H groups in total. The third kappa shape index (κ3) is 7.96. The molecule has 4 atom stereocenters. The Kier molecular flexibility index (Phi) is 11.2. The van der Waals surface area contributed by atoms with E-state index in [0.717, 1.165) is 25.7 Å². The number of rotatable bonds is 11. The molecule has 1 aliphatic carbocycles. The van der Waals surface area contributed by atoms with Crippen LogP contribution in [0.15, 0.2) is 0 Å². The summed E-state index contributed by atoms with van der Waals surface area (Å²) in [6.45, 7) is 9.87. The first-order chi connectivity index (χ1) is 13.7. The fraction of sp³-hybridized carbons (Fsp3) is 0.864. The lowest BCUT2D eigenvalue weighted by Crippen LogP contribution is -2.58. The Morgan fingerprint density at radius 2 is 1.34 bits per heavy atom. The van der Waals surface area contributed by atoms with Gasteiger partial charge in [-0.2, -0.15) is 0 Å². The summed E-state index contributed by atoms with van der Waals surface area (Å²) in [7, 11) is 1.75. The molecule has 0 radical (unpaired) electrons. The van der Waals surface area contributed by atoms with Gasteiger partial charge in [-0.05, 0) is 51.5 Å². The van der Waals surface area contributed by atoms with E-state index in [1.54, 1.807) is 7.05 Å². The molecule has 0 aromatic carbocycles. The Balaban J connectivity index is 2.88. The summed E-state index contributed by atoms with van der Waals surface area (Å²) in [4.78, 5) is 38.4. The number of nitrogens with one attached hydrogen (secondary N) is 4. The Hall–Kier alpha value is -1.63. The second-order valence-electron chi connectivity index (χ2n) is 8.64. The largest absolute Gasteiger partial charge is 0.352 e. The minimum Gasteiger partial charge on any atom is -0.352 e. The van der Waals surface area contributed by atoms with Crippen molar-refractivity contribution < 1.29 is 14.4 Å². The van der Waals surface area contributed by atoms with Crippen LogP contribution in [0.4, 0.5) is 0 Å². The lowest BCUT2D eigenvalue weighted by molar-refractivity contribution is -0.134. The first-order valence-corrected chi connectivity index (χ1v) is 11.3. The zero-order valence-corrected chi connectivity index (χ0v) is 19.1. The molecule has 7 heteroatoms. The number of likely N-dealkylation sites (N-methyl/N-ethyl adjacent to an activating group) is 1. The zero-order chi connectivity index (χ0) is 22.0. The molecule has 29 heavy (non-hydrogen) atoms. The molecule has 0 aromatic rings. The molecule has 7 nitrogen and oxygen atoms in total. The molecule has 0 aromatic heterocycles. The second-order valence-corrected chi connectivity index (χ2v) is 8.64. The molecular weight excluding hydrogens is 368 g/mol. The molecule has 0 heterocycles. The maximum atomic E-state index is 13.1. The predicted molar refractivity (Wildman–Crippen MR) is 116 cm³/mol. The number of amides is 3. The average Bonchev–Trinajstić information content (AvgIpc) is 2.71. The quantitative estimate of drug-likeness (QED) is 0.419. The maximum Gasteiger partial charge on any atom is 0.243 e. The topological polar surface area (TPSA) is 99.3 Å². The van der Waals surface area contributed by atoms with Gasteiger partial charge in [0.25, 0.3) is 0 Å². The van der Waals surface area contributed by atoms with Crippen molar-refractivity contribution in [1.82, 2.24) is 21.3 Å².